The lowest BCUT2D eigenvalue weighted by molar-refractivity contribution is 0.225. The third-order valence-corrected chi connectivity index (χ3v) is 6.13. The molecular formula is C21H28ClN3O. The monoisotopic (exact) mass is 373 g/mol. The van der Waals surface area contributed by atoms with Crippen LogP contribution in [0.3, 0.4) is 0 Å². The topological polar surface area (TPSA) is 38.1 Å². The van der Waals surface area contributed by atoms with Crippen molar-refractivity contribution in [3.05, 3.63) is 51.0 Å². The average molecular weight is 374 g/mol. The van der Waals surface area contributed by atoms with Crippen LogP contribution < -0.4 is 10.5 Å². The summed E-state index contributed by atoms with van der Waals surface area (Å²) in [5.74, 6) is 1.45. The summed E-state index contributed by atoms with van der Waals surface area (Å²) in [6, 6.07) is 7.36. The third kappa shape index (κ3) is 3.66. The fourth-order valence-corrected chi connectivity index (χ4v) is 4.18. The summed E-state index contributed by atoms with van der Waals surface area (Å²) < 4.78 is 1.60. The number of benzene rings is 1. The largest absolute Gasteiger partial charge is 0.356 e. The number of halogens is 1. The van der Waals surface area contributed by atoms with Crippen molar-refractivity contribution in [1.82, 2.24) is 9.55 Å². The predicted octanol–water partition coefficient (Wildman–Crippen LogP) is 4.91. The molecule has 5 heteroatoms. The van der Waals surface area contributed by atoms with Gasteiger partial charge in [-0.3, -0.25) is 9.36 Å². The van der Waals surface area contributed by atoms with Gasteiger partial charge in [0.1, 0.15) is 11.6 Å². The number of piperidine rings is 1. The lowest BCUT2D eigenvalue weighted by Crippen LogP contribution is -2.40. The zero-order valence-electron chi connectivity index (χ0n) is 16.2. The predicted molar refractivity (Wildman–Crippen MR) is 109 cm³/mol. The SMILES string of the molecule is CCCC1(C)CCN(c2cc(=O)n(-c3cccc(C)c3Cl)c(C)n2)CC1. The Bertz CT molecular complexity index is 851. The molecule has 0 atom stereocenters. The van der Waals surface area contributed by atoms with Gasteiger partial charge in [-0.05, 0) is 50.2 Å². The van der Waals surface area contributed by atoms with Gasteiger partial charge in [-0.15, -0.1) is 0 Å². The van der Waals surface area contributed by atoms with E-state index in [9.17, 15) is 4.79 Å². The third-order valence-electron chi connectivity index (χ3n) is 5.63. The average Bonchev–Trinajstić information content (AvgIpc) is 2.58. The minimum Gasteiger partial charge on any atom is -0.356 e. The van der Waals surface area contributed by atoms with Crippen LogP contribution in [0, 0.1) is 19.3 Å². The number of hydrogen-bond donors (Lipinski definition) is 0. The van der Waals surface area contributed by atoms with E-state index in [4.69, 9.17) is 16.6 Å². The maximum atomic E-state index is 12.8. The van der Waals surface area contributed by atoms with Crippen molar-refractivity contribution >= 4 is 17.4 Å². The van der Waals surface area contributed by atoms with E-state index in [0.717, 1.165) is 37.3 Å². The molecule has 2 aromatic rings. The fourth-order valence-electron chi connectivity index (χ4n) is 3.97. The van der Waals surface area contributed by atoms with E-state index in [-0.39, 0.29) is 5.56 Å². The second-order valence-corrected chi connectivity index (χ2v) is 8.17. The molecule has 1 aromatic carbocycles. The zero-order valence-corrected chi connectivity index (χ0v) is 16.9. The van der Waals surface area contributed by atoms with Gasteiger partial charge in [0.05, 0.1) is 10.7 Å². The summed E-state index contributed by atoms with van der Waals surface area (Å²) in [4.78, 5) is 19.8. The van der Waals surface area contributed by atoms with Gasteiger partial charge in [-0.1, -0.05) is 44.0 Å². The number of rotatable bonds is 4. The van der Waals surface area contributed by atoms with Gasteiger partial charge in [0.2, 0.25) is 0 Å². The number of aryl methyl sites for hydroxylation is 2. The van der Waals surface area contributed by atoms with Crippen LogP contribution in [0.2, 0.25) is 5.02 Å². The van der Waals surface area contributed by atoms with E-state index in [1.165, 1.54) is 12.8 Å². The normalized spacial score (nSPS) is 16.7. The standard InChI is InChI=1S/C21H28ClN3O/c1-5-9-21(4)10-12-24(13-11-21)18-14-19(26)25(16(3)23-18)17-8-6-7-15(2)20(17)22/h6-8,14H,5,9-13H2,1-4H3. The Morgan fingerprint density at radius 3 is 2.54 bits per heavy atom. The smallest absolute Gasteiger partial charge is 0.260 e. The maximum Gasteiger partial charge on any atom is 0.260 e. The summed E-state index contributed by atoms with van der Waals surface area (Å²) in [5, 5.41) is 0.598. The fraction of sp³-hybridized carbons (Fsp3) is 0.524. The van der Waals surface area contributed by atoms with E-state index < -0.39 is 0 Å². The summed E-state index contributed by atoms with van der Waals surface area (Å²) >= 11 is 6.42. The zero-order chi connectivity index (χ0) is 18.9. The molecule has 1 saturated heterocycles. The van der Waals surface area contributed by atoms with Crippen LogP contribution in [0.25, 0.3) is 5.69 Å². The van der Waals surface area contributed by atoms with Crippen molar-refractivity contribution < 1.29 is 0 Å². The molecule has 140 valence electrons. The Balaban J connectivity index is 1.89. The molecule has 2 heterocycles. The van der Waals surface area contributed by atoms with E-state index in [1.54, 1.807) is 10.6 Å². The van der Waals surface area contributed by atoms with Crippen LogP contribution >= 0.6 is 11.6 Å². The Morgan fingerprint density at radius 1 is 1.23 bits per heavy atom. The first-order chi connectivity index (χ1) is 12.3. The minimum atomic E-state index is -0.0816. The van der Waals surface area contributed by atoms with Crippen LogP contribution in [-0.2, 0) is 0 Å². The van der Waals surface area contributed by atoms with Crippen molar-refractivity contribution in [3.8, 4) is 5.69 Å². The number of aromatic nitrogens is 2. The minimum absolute atomic E-state index is 0.0816. The Hall–Kier alpha value is -1.81. The van der Waals surface area contributed by atoms with Crippen LogP contribution in [0.5, 0.6) is 0 Å². The second-order valence-electron chi connectivity index (χ2n) is 7.79. The van der Waals surface area contributed by atoms with Crippen LogP contribution in [0.1, 0.15) is 50.9 Å². The van der Waals surface area contributed by atoms with Crippen molar-refractivity contribution in [2.75, 3.05) is 18.0 Å². The molecule has 0 amide bonds. The summed E-state index contributed by atoms with van der Waals surface area (Å²) in [7, 11) is 0. The van der Waals surface area contributed by atoms with Crippen LogP contribution in [0.4, 0.5) is 5.82 Å². The lowest BCUT2D eigenvalue weighted by Gasteiger charge is -2.40. The molecule has 1 aliphatic rings. The molecule has 0 bridgehead atoms. The Morgan fingerprint density at radius 2 is 1.92 bits per heavy atom. The van der Waals surface area contributed by atoms with E-state index >= 15 is 0 Å². The highest BCUT2D eigenvalue weighted by Gasteiger charge is 2.30. The van der Waals surface area contributed by atoms with E-state index in [2.05, 4.69) is 18.7 Å². The molecule has 1 fully saturated rings. The van der Waals surface area contributed by atoms with Gasteiger partial charge in [0.25, 0.3) is 5.56 Å². The number of anilines is 1. The van der Waals surface area contributed by atoms with E-state index in [1.807, 2.05) is 32.0 Å². The lowest BCUT2D eigenvalue weighted by atomic mass is 9.77. The van der Waals surface area contributed by atoms with Gasteiger partial charge < -0.3 is 4.90 Å². The molecule has 1 aliphatic heterocycles. The molecule has 3 rings (SSSR count). The molecule has 1 aromatic heterocycles. The first kappa shape index (κ1) is 19.0. The first-order valence-electron chi connectivity index (χ1n) is 9.46. The van der Waals surface area contributed by atoms with Gasteiger partial charge in [-0.25, -0.2) is 4.98 Å². The molecule has 26 heavy (non-hydrogen) atoms. The quantitative estimate of drug-likeness (QED) is 0.764. The summed E-state index contributed by atoms with van der Waals surface area (Å²) in [6.07, 6.45) is 4.78. The van der Waals surface area contributed by atoms with E-state index in [0.29, 0.717) is 21.9 Å². The molecule has 0 aliphatic carbocycles. The summed E-state index contributed by atoms with van der Waals surface area (Å²) in [5.41, 5.74) is 1.99. The van der Waals surface area contributed by atoms with Gasteiger partial charge >= 0.3 is 0 Å². The highest BCUT2D eigenvalue weighted by atomic mass is 35.5. The molecule has 0 unspecified atom stereocenters. The van der Waals surface area contributed by atoms with Gasteiger partial charge in [-0.2, -0.15) is 0 Å². The number of hydrogen-bond acceptors (Lipinski definition) is 3. The van der Waals surface area contributed by atoms with Gasteiger partial charge in [0.15, 0.2) is 0 Å². The van der Waals surface area contributed by atoms with Crippen molar-refractivity contribution in [2.45, 2.75) is 53.4 Å². The molecular weight excluding hydrogens is 346 g/mol. The summed E-state index contributed by atoms with van der Waals surface area (Å²) in [6.45, 7) is 10.3. The van der Waals surface area contributed by atoms with Crippen LogP contribution in [0.15, 0.2) is 29.1 Å². The van der Waals surface area contributed by atoms with Crippen molar-refractivity contribution in [3.63, 3.8) is 0 Å². The number of nitrogens with zero attached hydrogens (tertiary/aromatic N) is 3. The maximum absolute atomic E-state index is 12.8. The highest BCUT2D eigenvalue weighted by Crippen LogP contribution is 2.36. The van der Waals surface area contributed by atoms with Crippen molar-refractivity contribution in [2.24, 2.45) is 5.41 Å². The van der Waals surface area contributed by atoms with Gasteiger partial charge in [0, 0.05) is 19.2 Å². The van der Waals surface area contributed by atoms with Crippen molar-refractivity contribution in [1.29, 1.82) is 0 Å². The highest BCUT2D eigenvalue weighted by molar-refractivity contribution is 6.33. The Labute approximate surface area is 160 Å². The molecule has 0 spiro atoms. The first-order valence-corrected chi connectivity index (χ1v) is 9.83. The molecule has 0 N–H and O–H groups in total. The molecule has 4 nitrogen and oxygen atoms in total. The van der Waals surface area contributed by atoms with Crippen LogP contribution in [-0.4, -0.2) is 22.6 Å². The Kier molecular flexibility index (Phi) is 5.42. The molecule has 0 radical (unpaired) electrons. The second kappa shape index (κ2) is 7.43. The molecule has 0 saturated carbocycles.